The van der Waals surface area contributed by atoms with Crippen molar-refractivity contribution in [3.8, 4) is 0 Å². The summed E-state index contributed by atoms with van der Waals surface area (Å²) in [5.74, 6) is 0.451. The summed E-state index contributed by atoms with van der Waals surface area (Å²) in [4.78, 5) is 0. The highest BCUT2D eigenvalue weighted by Crippen LogP contribution is 2.17. The molecule has 0 unspecified atom stereocenters. The SMILES string of the molecule is CC(C)c1nn(C)cc1CNCCS(=O)(=O)N1C[C@@H](C)O[C@@H](C)C1. The topological polar surface area (TPSA) is 76.5 Å². The summed E-state index contributed by atoms with van der Waals surface area (Å²) in [5.41, 5.74) is 2.18. The maximum Gasteiger partial charge on any atom is 0.215 e. The summed E-state index contributed by atoms with van der Waals surface area (Å²) in [6.45, 7) is 9.97. The van der Waals surface area contributed by atoms with Crippen LogP contribution in [-0.4, -0.2) is 60.1 Å². The van der Waals surface area contributed by atoms with Gasteiger partial charge in [0.25, 0.3) is 0 Å². The molecule has 8 heteroatoms. The average molecular weight is 359 g/mol. The zero-order valence-corrected chi connectivity index (χ0v) is 16.1. The van der Waals surface area contributed by atoms with Crippen LogP contribution >= 0.6 is 0 Å². The van der Waals surface area contributed by atoms with Crippen molar-refractivity contribution in [2.24, 2.45) is 7.05 Å². The van der Waals surface area contributed by atoms with Gasteiger partial charge in [0.05, 0.1) is 23.7 Å². The highest BCUT2D eigenvalue weighted by Gasteiger charge is 2.30. The molecule has 1 aromatic rings. The van der Waals surface area contributed by atoms with Gasteiger partial charge in [-0.3, -0.25) is 4.68 Å². The first-order chi connectivity index (χ1) is 11.2. The van der Waals surface area contributed by atoms with E-state index in [1.807, 2.05) is 27.1 Å². The highest BCUT2D eigenvalue weighted by molar-refractivity contribution is 7.89. The van der Waals surface area contributed by atoms with Gasteiger partial charge in [-0.15, -0.1) is 0 Å². The van der Waals surface area contributed by atoms with Crippen LogP contribution in [0.25, 0.3) is 0 Å². The van der Waals surface area contributed by atoms with Crippen LogP contribution in [0.2, 0.25) is 0 Å². The molecule has 2 rings (SSSR count). The first-order valence-electron chi connectivity index (χ1n) is 8.55. The second-order valence-electron chi connectivity index (χ2n) is 6.94. The van der Waals surface area contributed by atoms with Crippen LogP contribution in [0, 0.1) is 0 Å². The average Bonchev–Trinajstić information content (AvgIpc) is 2.84. The van der Waals surface area contributed by atoms with Crippen molar-refractivity contribution in [3.63, 3.8) is 0 Å². The summed E-state index contributed by atoms with van der Waals surface area (Å²) in [6, 6.07) is 0. The number of hydrogen-bond donors (Lipinski definition) is 1. The molecule has 0 saturated carbocycles. The third kappa shape index (κ3) is 5.02. The van der Waals surface area contributed by atoms with Gasteiger partial charge in [0.1, 0.15) is 0 Å². The van der Waals surface area contributed by atoms with Gasteiger partial charge < -0.3 is 10.1 Å². The fourth-order valence-electron chi connectivity index (χ4n) is 3.09. The zero-order chi connectivity index (χ0) is 17.9. The summed E-state index contributed by atoms with van der Waals surface area (Å²) in [5, 5.41) is 7.70. The second-order valence-corrected chi connectivity index (χ2v) is 9.02. The molecule has 1 aliphatic rings. The molecule has 0 spiro atoms. The third-order valence-electron chi connectivity index (χ3n) is 4.12. The minimum atomic E-state index is -3.25. The van der Waals surface area contributed by atoms with Gasteiger partial charge in [-0.2, -0.15) is 9.40 Å². The third-order valence-corrected chi connectivity index (χ3v) is 5.92. The van der Waals surface area contributed by atoms with Crippen molar-refractivity contribution in [1.29, 1.82) is 0 Å². The van der Waals surface area contributed by atoms with Crippen molar-refractivity contribution in [2.45, 2.75) is 52.4 Å². The summed E-state index contributed by atoms with van der Waals surface area (Å²) in [7, 11) is -1.35. The lowest BCUT2D eigenvalue weighted by atomic mass is 10.1. The van der Waals surface area contributed by atoms with E-state index in [1.165, 1.54) is 0 Å². The van der Waals surface area contributed by atoms with E-state index in [-0.39, 0.29) is 18.0 Å². The minimum Gasteiger partial charge on any atom is -0.373 e. The Labute approximate surface area is 145 Å². The van der Waals surface area contributed by atoms with Gasteiger partial charge in [-0.05, 0) is 19.8 Å². The molecule has 1 fully saturated rings. The molecule has 1 N–H and O–H groups in total. The predicted octanol–water partition coefficient (Wildman–Crippen LogP) is 1.07. The maximum absolute atomic E-state index is 12.5. The van der Waals surface area contributed by atoms with Crippen molar-refractivity contribution in [3.05, 3.63) is 17.5 Å². The fourth-order valence-corrected chi connectivity index (χ4v) is 4.62. The molecule has 2 atom stereocenters. The van der Waals surface area contributed by atoms with E-state index in [1.54, 1.807) is 8.99 Å². The molecule has 7 nitrogen and oxygen atoms in total. The number of nitrogens with one attached hydrogen (secondary N) is 1. The van der Waals surface area contributed by atoms with Gasteiger partial charge in [0.15, 0.2) is 0 Å². The van der Waals surface area contributed by atoms with Crippen LogP contribution in [0.15, 0.2) is 6.20 Å². The fraction of sp³-hybridized carbons (Fsp3) is 0.812. The van der Waals surface area contributed by atoms with Crippen molar-refractivity contribution in [2.75, 3.05) is 25.4 Å². The maximum atomic E-state index is 12.5. The zero-order valence-electron chi connectivity index (χ0n) is 15.3. The Morgan fingerprint density at radius 2 is 1.96 bits per heavy atom. The van der Waals surface area contributed by atoms with Crippen molar-refractivity contribution >= 4 is 10.0 Å². The summed E-state index contributed by atoms with van der Waals surface area (Å²) >= 11 is 0. The minimum absolute atomic E-state index is 0.0551. The molecular formula is C16H30N4O3S. The number of aromatic nitrogens is 2. The number of aryl methyl sites for hydroxylation is 1. The Bertz CT molecular complexity index is 632. The van der Waals surface area contributed by atoms with E-state index in [2.05, 4.69) is 24.3 Å². The Hall–Kier alpha value is -0.960. The van der Waals surface area contributed by atoms with Crippen LogP contribution < -0.4 is 5.32 Å². The lowest BCUT2D eigenvalue weighted by Gasteiger charge is -2.34. The van der Waals surface area contributed by atoms with Crippen LogP contribution in [0.4, 0.5) is 0 Å². The molecule has 1 aliphatic heterocycles. The van der Waals surface area contributed by atoms with Crippen LogP contribution in [0.1, 0.15) is 44.9 Å². The molecule has 1 saturated heterocycles. The molecule has 138 valence electrons. The van der Waals surface area contributed by atoms with Crippen LogP contribution in [0.5, 0.6) is 0 Å². The van der Waals surface area contributed by atoms with E-state index >= 15 is 0 Å². The number of nitrogens with zero attached hydrogens (tertiary/aromatic N) is 3. The molecule has 0 bridgehead atoms. The van der Waals surface area contributed by atoms with E-state index in [4.69, 9.17) is 4.74 Å². The lowest BCUT2D eigenvalue weighted by Crippen LogP contribution is -2.49. The summed E-state index contributed by atoms with van der Waals surface area (Å²) < 4.78 is 33.9. The molecular weight excluding hydrogens is 328 g/mol. The monoisotopic (exact) mass is 358 g/mol. The molecule has 0 aromatic carbocycles. The van der Waals surface area contributed by atoms with Gasteiger partial charge in [-0.1, -0.05) is 13.8 Å². The Balaban J connectivity index is 1.85. The van der Waals surface area contributed by atoms with Crippen molar-refractivity contribution in [1.82, 2.24) is 19.4 Å². The van der Waals surface area contributed by atoms with Gasteiger partial charge >= 0.3 is 0 Å². The van der Waals surface area contributed by atoms with E-state index in [9.17, 15) is 8.42 Å². The van der Waals surface area contributed by atoms with E-state index < -0.39 is 10.0 Å². The Morgan fingerprint density at radius 3 is 2.54 bits per heavy atom. The Morgan fingerprint density at radius 1 is 1.33 bits per heavy atom. The summed E-state index contributed by atoms with van der Waals surface area (Å²) in [6.07, 6.45) is 1.88. The Kier molecular flexibility index (Phi) is 6.41. The lowest BCUT2D eigenvalue weighted by molar-refractivity contribution is -0.0440. The van der Waals surface area contributed by atoms with Gasteiger partial charge in [0.2, 0.25) is 10.0 Å². The van der Waals surface area contributed by atoms with Crippen LogP contribution in [-0.2, 0) is 28.4 Å². The molecule has 2 heterocycles. The van der Waals surface area contributed by atoms with Crippen molar-refractivity contribution < 1.29 is 13.2 Å². The normalized spacial score (nSPS) is 23.1. The number of morpholine rings is 1. The number of sulfonamides is 1. The number of hydrogen-bond acceptors (Lipinski definition) is 5. The molecule has 0 amide bonds. The first kappa shape index (κ1) is 19.4. The standard InChI is InChI=1S/C16H30N4O3S/c1-12(2)16-15(11-19(5)18-16)8-17-6-7-24(21,22)20-9-13(3)23-14(4)10-20/h11-14,17H,6-10H2,1-5H3/t13-,14+. The quantitative estimate of drug-likeness (QED) is 0.738. The van der Waals surface area contributed by atoms with Crippen LogP contribution in [0.3, 0.4) is 0 Å². The first-order valence-corrected chi connectivity index (χ1v) is 10.2. The van der Waals surface area contributed by atoms with Gasteiger partial charge in [0, 0.05) is 45.0 Å². The second kappa shape index (κ2) is 7.95. The molecule has 0 radical (unpaired) electrons. The van der Waals surface area contributed by atoms with E-state index in [0.717, 1.165) is 11.3 Å². The molecule has 0 aliphatic carbocycles. The smallest absolute Gasteiger partial charge is 0.215 e. The molecule has 24 heavy (non-hydrogen) atoms. The number of ether oxygens (including phenoxy) is 1. The number of rotatable bonds is 7. The largest absolute Gasteiger partial charge is 0.373 e. The molecule has 1 aromatic heterocycles. The predicted molar refractivity (Wildman–Crippen MR) is 94.4 cm³/mol. The van der Waals surface area contributed by atoms with Gasteiger partial charge in [-0.25, -0.2) is 8.42 Å². The highest BCUT2D eigenvalue weighted by atomic mass is 32.2. The van der Waals surface area contributed by atoms with E-state index in [0.29, 0.717) is 32.1 Å².